The van der Waals surface area contributed by atoms with Gasteiger partial charge < -0.3 is 15.4 Å². The van der Waals surface area contributed by atoms with Crippen molar-refractivity contribution in [3.63, 3.8) is 0 Å². The van der Waals surface area contributed by atoms with Crippen molar-refractivity contribution in [3.05, 3.63) is 0 Å². The zero-order valence-corrected chi connectivity index (χ0v) is 13.7. The lowest BCUT2D eigenvalue weighted by Crippen LogP contribution is -2.46. The topological polar surface area (TPSA) is 74.2 Å². The van der Waals surface area contributed by atoms with Crippen molar-refractivity contribution in [3.8, 4) is 6.07 Å². The largest absolute Gasteiger partial charge is 0.444 e. The van der Waals surface area contributed by atoms with Crippen LogP contribution in [0.1, 0.15) is 53.4 Å². The lowest BCUT2D eigenvalue weighted by atomic mass is 9.84. The van der Waals surface area contributed by atoms with Gasteiger partial charge in [-0.05, 0) is 46.5 Å². The molecule has 21 heavy (non-hydrogen) atoms. The molecule has 2 N–H and O–H groups in total. The summed E-state index contributed by atoms with van der Waals surface area (Å²) in [6, 6.07) is 2.62. The minimum absolute atomic E-state index is 0.0198. The van der Waals surface area contributed by atoms with Gasteiger partial charge in [0.1, 0.15) is 5.60 Å². The Bertz CT molecular complexity index is 371. The quantitative estimate of drug-likeness (QED) is 0.818. The molecule has 0 radical (unpaired) electrons. The number of hydrogen-bond donors (Lipinski definition) is 2. The first-order valence-corrected chi connectivity index (χ1v) is 7.91. The van der Waals surface area contributed by atoms with Gasteiger partial charge in [0.05, 0.1) is 12.0 Å². The van der Waals surface area contributed by atoms with Crippen LogP contribution < -0.4 is 10.6 Å². The second-order valence-corrected chi connectivity index (χ2v) is 6.97. The Morgan fingerprint density at radius 2 is 2.05 bits per heavy atom. The molecule has 1 aliphatic carbocycles. The standard InChI is InChI=1S/C16H29N3O2/c1-12(9-17)10-18-14-8-6-5-7-13(14)11-19-15(20)21-16(2,3)4/h12-14,18H,5-8,10-11H2,1-4H3,(H,19,20). The van der Waals surface area contributed by atoms with Gasteiger partial charge >= 0.3 is 6.09 Å². The third kappa shape index (κ3) is 7.33. The summed E-state index contributed by atoms with van der Waals surface area (Å²) in [4.78, 5) is 11.7. The molecule has 1 aliphatic rings. The predicted molar refractivity (Wildman–Crippen MR) is 82.8 cm³/mol. The Labute approximate surface area is 128 Å². The molecule has 3 unspecified atom stereocenters. The zero-order valence-electron chi connectivity index (χ0n) is 13.7. The van der Waals surface area contributed by atoms with E-state index in [0.29, 0.717) is 25.0 Å². The molecule has 1 fully saturated rings. The normalized spacial score (nSPS) is 24.0. The lowest BCUT2D eigenvalue weighted by Gasteiger charge is -2.33. The van der Waals surface area contributed by atoms with Gasteiger partial charge in [0, 0.05) is 19.1 Å². The number of carbonyl (C=O) groups excluding carboxylic acids is 1. The van der Waals surface area contributed by atoms with Crippen molar-refractivity contribution in [1.82, 2.24) is 10.6 Å². The van der Waals surface area contributed by atoms with Gasteiger partial charge in [0.25, 0.3) is 0 Å². The van der Waals surface area contributed by atoms with E-state index in [0.717, 1.165) is 12.8 Å². The van der Waals surface area contributed by atoms with Crippen LogP contribution in [0.2, 0.25) is 0 Å². The molecule has 1 saturated carbocycles. The molecular weight excluding hydrogens is 266 g/mol. The first-order valence-electron chi connectivity index (χ1n) is 7.91. The van der Waals surface area contributed by atoms with E-state index in [-0.39, 0.29) is 12.0 Å². The van der Waals surface area contributed by atoms with E-state index in [1.807, 2.05) is 27.7 Å². The molecule has 0 heterocycles. The van der Waals surface area contributed by atoms with Crippen LogP contribution in [-0.2, 0) is 4.74 Å². The second kappa shape index (κ2) is 8.23. The number of hydrogen-bond acceptors (Lipinski definition) is 4. The Hall–Kier alpha value is -1.28. The van der Waals surface area contributed by atoms with E-state index < -0.39 is 5.60 Å². The van der Waals surface area contributed by atoms with Crippen molar-refractivity contribution < 1.29 is 9.53 Å². The maximum absolute atomic E-state index is 11.7. The SMILES string of the molecule is CC(C#N)CNC1CCCCC1CNC(=O)OC(C)(C)C. The van der Waals surface area contributed by atoms with Crippen molar-refractivity contribution in [1.29, 1.82) is 5.26 Å². The third-order valence-corrected chi connectivity index (χ3v) is 3.72. The number of amides is 1. The van der Waals surface area contributed by atoms with E-state index in [4.69, 9.17) is 10.00 Å². The van der Waals surface area contributed by atoms with Crippen LogP contribution in [0.15, 0.2) is 0 Å². The molecule has 0 saturated heterocycles. The molecule has 120 valence electrons. The Balaban J connectivity index is 2.39. The minimum Gasteiger partial charge on any atom is -0.444 e. The monoisotopic (exact) mass is 295 g/mol. The van der Waals surface area contributed by atoms with Crippen molar-refractivity contribution in [2.75, 3.05) is 13.1 Å². The average Bonchev–Trinajstić information content (AvgIpc) is 2.41. The van der Waals surface area contributed by atoms with E-state index in [9.17, 15) is 4.79 Å². The Kier molecular flexibility index (Phi) is 6.97. The maximum Gasteiger partial charge on any atom is 0.407 e. The van der Waals surface area contributed by atoms with Crippen LogP contribution in [0.4, 0.5) is 4.79 Å². The summed E-state index contributed by atoms with van der Waals surface area (Å²) in [5.74, 6) is 0.434. The molecule has 1 rings (SSSR count). The van der Waals surface area contributed by atoms with Gasteiger partial charge in [0.2, 0.25) is 0 Å². The van der Waals surface area contributed by atoms with E-state index >= 15 is 0 Å². The van der Waals surface area contributed by atoms with Crippen LogP contribution in [0.3, 0.4) is 0 Å². The smallest absolute Gasteiger partial charge is 0.407 e. The molecule has 3 atom stereocenters. The third-order valence-electron chi connectivity index (χ3n) is 3.72. The number of nitrogens with zero attached hydrogens (tertiary/aromatic N) is 1. The lowest BCUT2D eigenvalue weighted by molar-refractivity contribution is 0.0510. The fourth-order valence-corrected chi connectivity index (χ4v) is 2.62. The molecule has 0 bridgehead atoms. The fourth-order valence-electron chi connectivity index (χ4n) is 2.62. The summed E-state index contributed by atoms with van der Waals surface area (Å²) < 4.78 is 5.27. The molecule has 1 amide bonds. The number of alkyl carbamates (subject to hydrolysis) is 1. The van der Waals surface area contributed by atoms with Gasteiger partial charge in [-0.3, -0.25) is 0 Å². The van der Waals surface area contributed by atoms with E-state index in [2.05, 4.69) is 16.7 Å². The summed E-state index contributed by atoms with van der Waals surface area (Å²) in [7, 11) is 0. The van der Waals surface area contributed by atoms with Crippen molar-refractivity contribution in [2.45, 2.75) is 65.0 Å². The molecule has 5 heteroatoms. The minimum atomic E-state index is -0.462. The number of nitriles is 1. The van der Waals surface area contributed by atoms with E-state index in [1.165, 1.54) is 12.8 Å². The fraction of sp³-hybridized carbons (Fsp3) is 0.875. The Morgan fingerprint density at radius 1 is 1.38 bits per heavy atom. The summed E-state index contributed by atoms with van der Waals surface area (Å²) in [6.07, 6.45) is 4.28. The van der Waals surface area contributed by atoms with Crippen LogP contribution in [-0.4, -0.2) is 30.8 Å². The highest BCUT2D eigenvalue weighted by atomic mass is 16.6. The molecule has 5 nitrogen and oxygen atoms in total. The summed E-state index contributed by atoms with van der Waals surface area (Å²) >= 11 is 0. The van der Waals surface area contributed by atoms with Gasteiger partial charge in [-0.25, -0.2) is 4.79 Å². The summed E-state index contributed by atoms with van der Waals surface area (Å²) in [6.45, 7) is 8.85. The first-order chi connectivity index (χ1) is 9.81. The van der Waals surface area contributed by atoms with Gasteiger partial charge in [-0.1, -0.05) is 12.8 Å². The molecular formula is C16H29N3O2. The first kappa shape index (κ1) is 17.8. The van der Waals surface area contributed by atoms with Gasteiger partial charge in [0.15, 0.2) is 0 Å². The predicted octanol–water partition coefficient (Wildman–Crippen LogP) is 2.82. The van der Waals surface area contributed by atoms with Crippen LogP contribution in [0.25, 0.3) is 0 Å². The van der Waals surface area contributed by atoms with Crippen LogP contribution in [0.5, 0.6) is 0 Å². The highest BCUT2D eigenvalue weighted by molar-refractivity contribution is 5.67. The number of carbonyl (C=O) groups is 1. The Morgan fingerprint density at radius 3 is 2.67 bits per heavy atom. The molecule has 0 aromatic carbocycles. The molecule has 0 aromatic rings. The van der Waals surface area contributed by atoms with Crippen molar-refractivity contribution in [2.24, 2.45) is 11.8 Å². The summed E-state index contributed by atoms with van der Waals surface area (Å²) in [5.41, 5.74) is -0.462. The second-order valence-electron chi connectivity index (χ2n) is 6.97. The average molecular weight is 295 g/mol. The van der Waals surface area contributed by atoms with Crippen LogP contribution >= 0.6 is 0 Å². The van der Waals surface area contributed by atoms with Crippen LogP contribution in [0, 0.1) is 23.2 Å². The number of ether oxygens (including phenoxy) is 1. The highest BCUT2D eigenvalue weighted by Gasteiger charge is 2.26. The van der Waals surface area contributed by atoms with Gasteiger partial charge in [-0.15, -0.1) is 0 Å². The van der Waals surface area contributed by atoms with E-state index in [1.54, 1.807) is 0 Å². The van der Waals surface area contributed by atoms with Gasteiger partial charge in [-0.2, -0.15) is 5.26 Å². The molecule has 0 aromatic heterocycles. The highest BCUT2D eigenvalue weighted by Crippen LogP contribution is 2.24. The number of rotatable bonds is 5. The van der Waals surface area contributed by atoms with Crippen molar-refractivity contribution >= 4 is 6.09 Å². The maximum atomic E-state index is 11.7. The zero-order chi connectivity index (χ0) is 15.9. The molecule has 0 aliphatic heterocycles. The summed E-state index contributed by atoms with van der Waals surface area (Å²) in [5, 5.41) is 15.2. The molecule has 0 spiro atoms. The number of nitrogens with one attached hydrogen (secondary N) is 2.